The smallest absolute Gasteiger partial charge is 0.124 e. The van der Waals surface area contributed by atoms with Crippen molar-refractivity contribution < 1.29 is 9.84 Å². The second-order valence-corrected chi connectivity index (χ2v) is 4.32. The van der Waals surface area contributed by atoms with E-state index in [0.29, 0.717) is 6.54 Å². The van der Waals surface area contributed by atoms with Crippen molar-refractivity contribution in [3.05, 3.63) is 42.2 Å². The fraction of sp³-hybridized carbons (Fsp3) is 0.357. The maximum absolute atomic E-state index is 8.86. The Morgan fingerprint density at radius 3 is 2.95 bits per heavy atom. The van der Waals surface area contributed by atoms with Gasteiger partial charge in [-0.15, -0.1) is 0 Å². The van der Waals surface area contributed by atoms with Crippen LogP contribution in [0.25, 0.3) is 0 Å². The lowest BCUT2D eigenvalue weighted by Crippen LogP contribution is -2.07. The molecule has 2 N–H and O–H groups in total. The molecule has 0 radical (unpaired) electrons. The molecule has 1 unspecified atom stereocenters. The van der Waals surface area contributed by atoms with Crippen LogP contribution in [0.2, 0.25) is 0 Å². The van der Waals surface area contributed by atoms with Crippen molar-refractivity contribution in [2.75, 3.05) is 19.0 Å². The molecule has 5 heteroatoms. The Balaban J connectivity index is 2.09. The number of benzene rings is 1. The number of nitrogens with zero attached hydrogens (tertiary/aromatic N) is 2. The summed E-state index contributed by atoms with van der Waals surface area (Å²) in [6.07, 6.45) is 3.63. The van der Waals surface area contributed by atoms with Crippen molar-refractivity contribution in [3.8, 4) is 5.75 Å². The molecule has 0 amide bonds. The van der Waals surface area contributed by atoms with Crippen molar-refractivity contribution >= 4 is 5.69 Å². The van der Waals surface area contributed by atoms with E-state index in [0.717, 1.165) is 17.0 Å². The van der Waals surface area contributed by atoms with Gasteiger partial charge in [-0.3, -0.25) is 4.68 Å². The van der Waals surface area contributed by atoms with Gasteiger partial charge in [-0.05, 0) is 13.0 Å². The molecule has 5 nitrogen and oxygen atoms in total. The maximum Gasteiger partial charge on any atom is 0.124 e. The highest BCUT2D eigenvalue weighted by molar-refractivity contribution is 5.45. The van der Waals surface area contributed by atoms with E-state index in [1.54, 1.807) is 18.0 Å². The second kappa shape index (κ2) is 6.24. The molecule has 1 aromatic heterocycles. The molecule has 0 saturated carbocycles. The third kappa shape index (κ3) is 3.26. The van der Waals surface area contributed by atoms with Crippen LogP contribution in [0, 0.1) is 0 Å². The quantitative estimate of drug-likeness (QED) is 0.835. The number of hydrogen-bond donors (Lipinski definition) is 2. The number of para-hydroxylation sites is 1. The zero-order valence-corrected chi connectivity index (χ0v) is 11.2. The lowest BCUT2D eigenvalue weighted by Gasteiger charge is -2.17. The van der Waals surface area contributed by atoms with Gasteiger partial charge in [0.25, 0.3) is 0 Å². The Bertz CT molecular complexity index is 525. The van der Waals surface area contributed by atoms with Gasteiger partial charge in [0, 0.05) is 11.8 Å². The summed E-state index contributed by atoms with van der Waals surface area (Å²) in [5, 5.41) is 16.4. The molecule has 19 heavy (non-hydrogen) atoms. The van der Waals surface area contributed by atoms with Gasteiger partial charge in [-0.25, -0.2) is 0 Å². The summed E-state index contributed by atoms with van der Waals surface area (Å²) < 4.78 is 7.06. The van der Waals surface area contributed by atoms with Gasteiger partial charge >= 0.3 is 0 Å². The van der Waals surface area contributed by atoms with Crippen LogP contribution in [0.4, 0.5) is 5.69 Å². The number of aromatic nitrogens is 2. The van der Waals surface area contributed by atoms with E-state index < -0.39 is 0 Å². The molecule has 0 aliphatic heterocycles. The van der Waals surface area contributed by atoms with Crippen molar-refractivity contribution in [1.29, 1.82) is 0 Å². The molecule has 0 aliphatic carbocycles. The molecule has 0 spiro atoms. The standard InChI is InChI=1S/C14H19N3O2/c1-11(13-5-3-4-6-14(13)19-2)16-12-9-15-17(10-12)7-8-18/h3-6,9-11,16,18H,7-8H2,1-2H3. The number of aliphatic hydroxyl groups excluding tert-OH is 1. The second-order valence-electron chi connectivity index (χ2n) is 4.32. The lowest BCUT2D eigenvalue weighted by atomic mass is 10.1. The zero-order valence-electron chi connectivity index (χ0n) is 11.2. The van der Waals surface area contributed by atoms with Gasteiger partial charge in [-0.1, -0.05) is 18.2 Å². The monoisotopic (exact) mass is 261 g/mol. The Morgan fingerprint density at radius 1 is 1.42 bits per heavy atom. The van der Waals surface area contributed by atoms with Crippen LogP contribution in [0.1, 0.15) is 18.5 Å². The van der Waals surface area contributed by atoms with E-state index in [1.807, 2.05) is 30.5 Å². The number of aliphatic hydroxyl groups is 1. The van der Waals surface area contributed by atoms with Gasteiger partial charge < -0.3 is 15.2 Å². The molecule has 1 atom stereocenters. The topological polar surface area (TPSA) is 59.3 Å². The first-order valence-corrected chi connectivity index (χ1v) is 6.27. The minimum absolute atomic E-state index is 0.0865. The molecule has 0 aliphatic rings. The van der Waals surface area contributed by atoms with Gasteiger partial charge in [0.1, 0.15) is 5.75 Å². The van der Waals surface area contributed by atoms with Crippen LogP contribution in [-0.2, 0) is 6.54 Å². The first kappa shape index (κ1) is 13.4. The molecule has 1 heterocycles. The number of methoxy groups -OCH3 is 1. The number of rotatable bonds is 6. The van der Waals surface area contributed by atoms with Crippen molar-refractivity contribution in [2.24, 2.45) is 0 Å². The van der Waals surface area contributed by atoms with Crippen molar-refractivity contribution in [3.63, 3.8) is 0 Å². The van der Waals surface area contributed by atoms with E-state index in [1.165, 1.54) is 0 Å². The molecule has 0 fully saturated rings. The summed E-state index contributed by atoms with van der Waals surface area (Å²) >= 11 is 0. The van der Waals surface area contributed by atoms with Crippen LogP contribution in [-0.4, -0.2) is 28.6 Å². The first-order chi connectivity index (χ1) is 9.24. The molecule has 0 bridgehead atoms. The molecule has 1 aromatic carbocycles. The van der Waals surface area contributed by atoms with Crippen molar-refractivity contribution in [1.82, 2.24) is 9.78 Å². The number of ether oxygens (including phenoxy) is 1. The maximum atomic E-state index is 8.86. The first-order valence-electron chi connectivity index (χ1n) is 6.27. The Morgan fingerprint density at radius 2 is 2.21 bits per heavy atom. The fourth-order valence-corrected chi connectivity index (χ4v) is 2.01. The van der Waals surface area contributed by atoms with E-state index in [2.05, 4.69) is 17.3 Å². The fourth-order valence-electron chi connectivity index (χ4n) is 2.01. The SMILES string of the molecule is COc1ccccc1C(C)Nc1cnn(CCO)c1. The number of anilines is 1. The van der Waals surface area contributed by atoms with Crippen LogP contribution < -0.4 is 10.1 Å². The number of nitrogens with one attached hydrogen (secondary N) is 1. The van der Waals surface area contributed by atoms with Crippen LogP contribution >= 0.6 is 0 Å². The summed E-state index contributed by atoms with van der Waals surface area (Å²) in [7, 11) is 1.67. The van der Waals surface area contributed by atoms with Crippen LogP contribution in [0.3, 0.4) is 0 Å². The van der Waals surface area contributed by atoms with Crippen molar-refractivity contribution in [2.45, 2.75) is 19.5 Å². The van der Waals surface area contributed by atoms with E-state index in [9.17, 15) is 0 Å². The highest BCUT2D eigenvalue weighted by Gasteiger charge is 2.11. The molecular weight excluding hydrogens is 242 g/mol. The van der Waals surface area contributed by atoms with Gasteiger partial charge in [0.15, 0.2) is 0 Å². The molecule has 2 rings (SSSR count). The Labute approximate surface area is 112 Å². The average molecular weight is 261 g/mol. The third-order valence-corrected chi connectivity index (χ3v) is 2.95. The third-order valence-electron chi connectivity index (χ3n) is 2.95. The summed E-state index contributed by atoms with van der Waals surface area (Å²) in [6.45, 7) is 2.66. The molecule has 102 valence electrons. The van der Waals surface area contributed by atoms with E-state index in [-0.39, 0.29) is 12.6 Å². The predicted molar refractivity (Wildman–Crippen MR) is 74.3 cm³/mol. The summed E-state index contributed by atoms with van der Waals surface area (Å²) in [5.74, 6) is 0.866. The Kier molecular flexibility index (Phi) is 4.41. The average Bonchev–Trinajstić information content (AvgIpc) is 2.86. The summed E-state index contributed by atoms with van der Waals surface area (Å²) in [4.78, 5) is 0. The minimum atomic E-state index is 0.0865. The molecular formula is C14H19N3O2. The highest BCUT2D eigenvalue weighted by atomic mass is 16.5. The van der Waals surface area contributed by atoms with Gasteiger partial charge in [0.05, 0.1) is 38.2 Å². The zero-order chi connectivity index (χ0) is 13.7. The predicted octanol–water partition coefficient (Wildman–Crippen LogP) is 2.06. The molecule has 0 saturated heterocycles. The van der Waals surface area contributed by atoms with Gasteiger partial charge in [-0.2, -0.15) is 5.10 Å². The molecule has 2 aromatic rings. The van der Waals surface area contributed by atoms with Crippen LogP contribution in [0.5, 0.6) is 5.75 Å². The normalized spacial score (nSPS) is 12.2. The van der Waals surface area contributed by atoms with Gasteiger partial charge in [0.2, 0.25) is 0 Å². The highest BCUT2D eigenvalue weighted by Crippen LogP contribution is 2.27. The van der Waals surface area contributed by atoms with Crippen LogP contribution in [0.15, 0.2) is 36.7 Å². The summed E-state index contributed by atoms with van der Waals surface area (Å²) in [5.41, 5.74) is 2.02. The largest absolute Gasteiger partial charge is 0.496 e. The lowest BCUT2D eigenvalue weighted by molar-refractivity contribution is 0.269. The van der Waals surface area contributed by atoms with E-state index >= 15 is 0 Å². The Hall–Kier alpha value is -2.01. The summed E-state index contributed by atoms with van der Waals surface area (Å²) in [6, 6.07) is 8.04. The number of hydrogen-bond acceptors (Lipinski definition) is 4. The minimum Gasteiger partial charge on any atom is -0.496 e. The van der Waals surface area contributed by atoms with E-state index in [4.69, 9.17) is 9.84 Å².